The van der Waals surface area contributed by atoms with Crippen LogP contribution in [0.5, 0.6) is 0 Å². The summed E-state index contributed by atoms with van der Waals surface area (Å²) in [6, 6.07) is 14.5. The second-order valence-electron chi connectivity index (χ2n) is 8.66. The summed E-state index contributed by atoms with van der Waals surface area (Å²) in [6.07, 6.45) is 2.88. The van der Waals surface area contributed by atoms with E-state index < -0.39 is 0 Å². The Balaban J connectivity index is 1.45. The van der Waals surface area contributed by atoms with Crippen molar-refractivity contribution in [3.05, 3.63) is 59.8 Å². The molecule has 0 aliphatic carbocycles. The lowest BCUT2D eigenvalue weighted by Crippen LogP contribution is -2.43. The Labute approximate surface area is 202 Å². The van der Waals surface area contributed by atoms with Gasteiger partial charge in [-0.2, -0.15) is 4.98 Å². The van der Waals surface area contributed by atoms with E-state index in [9.17, 15) is 0 Å². The van der Waals surface area contributed by atoms with Crippen molar-refractivity contribution < 1.29 is 0 Å². The number of thiophene rings is 1. The Bertz CT molecular complexity index is 1340. The number of benzene rings is 2. The Morgan fingerprint density at radius 1 is 1.09 bits per heavy atom. The molecule has 0 radical (unpaired) electrons. The van der Waals surface area contributed by atoms with E-state index in [1.807, 2.05) is 12.1 Å². The quantitative estimate of drug-likeness (QED) is 0.247. The fourth-order valence-corrected chi connectivity index (χ4v) is 5.32. The summed E-state index contributed by atoms with van der Waals surface area (Å²) < 4.78 is 1.22. The van der Waals surface area contributed by atoms with Gasteiger partial charge in [-0.1, -0.05) is 6.07 Å². The standard InChI is InChI=1S/C25H28N8S/c1-32-6-8-33(9-7-32)15-16-2-3-21-17(10-16)12-22(34-21)20-13-19(11-18(14-26)24(20)27)30-23-4-5-29-25(28)31-23/h2-5,10-14,26H,6-9,15,27H2,1H3,(H3,28,29,30,31). The zero-order chi connectivity index (χ0) is 23.7. The van der Waals surface area contributed by atoms with Gasteiger partial charge in [-0.3, -0.25) is 4.90 Å². The molecule has 9 heteroatoms. The maximum Gasteiger partial charge on any atom is 0.221 e. The van der Waals surface area contributed by atoms with Crippen molar-refractivity contribution in [2.24, 2.45) is 0 Å². The number of hydrogen-bond acceptors (Lipinski definition) is 9. The van der Waals surface area contributed by atoms with Gasteiger partial charge in [-0.25, -0.2) is 4.98 Å². The highest BCUT2D eigenvalue weighted by atomic mass is 32.1. The minimum atomic E-state index is 0.199. The van der Waals surface area contributed by atoms with Crippen molar-refractivity contribution in [1.29, 1.82) is 5.41 Å². The lowest BCUT2D eigenvalue weighted by Gasteiger charge is -2.32. The zero-order valence-electron chi connectivity index (χ0n) is 19.1. The molecule has 0 spiro atoms. The highest BCUT2D eigenvalue weighted by Gasteiger charge is 2.16. The molecule has 0 unspecified atom stereocenters. The van der Waals surface area contributed by atoms with Crippen LogP contribution in [-0.2, 0) is 6.54 Å². The lowest BCUT2D eigenvalue weighted by atomic mass is 10.0. The number of piperazine rings is 1. The Morgan fingerprint density at radius 2 is 1.91 bits per heavy atom. The molecule has 1 saturated heterocycles. The van der Waals surface area contributed by atoms with E-state index in [4.69, 9.17) is 16.9 Å². The fourth-order valence-electron chi connectivity index (χ4n) is 4.25. The van der Waals surface area contributed by atoms with Crippen molar-refractivity contribution in [1.82, 2.24) is 19.8 Å². The third kappa shape index (κ3) is 4.72. The van der Waals surface area contributed by atoms with Gasteiger partial charge in [0.05, 0.1) is 0 Å². The van der Waals surface area contributed by atoms with Crippen LogP contribution >= 0.6 is 11.3 Å². The predicted octanol–water partition coefficient (Wildman–Crippen LogP) is 4.01. The van der Waals surface area contributed by atoms with Crippen LogP contribution in [-0.4, -0.2) is 59.2 Å². The summed E-state index contributed by atoms with van der Waals surface area (Å²) in [6.45, 7) is 5.40. The smallest absolute Gasteiger partial charge is 0.221 e. The Hall–Kier alpha value is -3.53. The van der Waals surface area contributed by atoms with Crippen LogP contribution in [0.25, 0.3) is 20.5 Å². The van der Waals surface area contributed by atoms with E-state index in [-0.39, 0.29) is 5.95 Å². The number of likely N-dealkylation sites (N-methyl/N-ethyl adjacent to an activating group) is 1. The predicted molar refractivity (Wildman–Crippen MR) is 142 cm³/mol. The molecule has 34 heavy (non-hydrogen) atoms. The normalized spacial score (nSPS) is 15.0. The number of nitrogen functional groups attached to an aromatic ring is 2. The number of nitrogens with one attached hydrogen (secondary N) is 2. The molecule has 4 aromatic rings. The SMILES string of the molecule is CN1CCN(Cc2ccc3sc(-c4cc(Nc5ccnc(N)n5)cc(C=N)c4N)cc3c2)CC1. The molecule has 2 aromatic carbocycles. The molecule has 1 aliphatic rings. The number of rotatable bonds is 6. The molecule has 0 saturated carbocycles. The monoisotopic (exact) mass is 472 g/mol. The summed E-state index contributed by atoms with van der Waals surface area (Å²) in [7, 11) is 2.18. The summed E-state index contributed by atoms with van der Waals surface area (Å²) in [4.78, 5) is 14.1. The molecule has 5 rings (SSSR count). The molecule has 8 nitrogen and oxygen atoms in total. The van der Waals surface area contributed by atoms with Crippen LogP contribution in [0.4, 0.5) is 23.1 Å². The Morgan fingerprint density at radius 3 is 2.68 bits per heavy atom. The van der Waals surface area contributed by atoms with Gasteiger partial charge >= 0.3 is 0 Å². The number of nitrogens with zero attached hydrogens (tertiary/aromatic N) is 4. The molecule has 0 bridgehead atoms. The van der Waals surface area contributed by atoms with Gasteiger partial charge in [-0.05, 0) is 54.4 Å². The Kier molecular flexibility index (Phi) is 6.14. The topological polar surface area (TPSA) is 120 Å². The molecule has 0 atom stereocenters. The average molecular weight is 473 g/mol. The molecule has 1 aliphatic heterocycles. The number of nitrogens with two attached hydrogens (primary N) is 2. The van der Waals surface area contributed by atoms with Crippen LogP contribution in [0.3, 0.4) is 0 Å². The van der Waals surface area contributed by atoms with Gasteiger partial charge in [0.15, 0.2) is 0 Å². The summed E-state index contributed by atoms with van der Waals surface area (Å²) in [5, 5.41) is 12.3. The largest absolute Gasteiger partial charge is 0.398 e. The number of anilines is 4. The van der Waals surface area contributed by atoms with Crippen molar-refractivity contribution in [3.63, 3.8) is 0 Å². The minimum Gasteiger partial charge on any atom is -0.398 e. The average Bonchev–Trinajstić information content (AvgIpc) is 3.25. The van der Waals surface area contributed by atoms with Crippen molar-refractivity contribution in [3.8, 4) is 10.4 Å². The summed E-state index contributed by atoms with van der Waals surface area (Å²) in [5.41, 5.74) is 16.4. The van der Waals surface area contributed by atoms with Crippen molar-refractivity contribution >= 4 is 50.8 Å². The van der Waals surface area contributed by atoms with Crippen molar-refractivity contribution in [2.45, 2.75) is 6.54 Å². The van der Waals surface area contributed by atoms with Crippen LogP contribution in [0.2, 0.25) is 0 Å². The fraction of sp³-hybridized carbons (Fsp3) is 0.240. The van der Waals surface area contributed by atoms with E-state index >= 15 is 0 Å². The van der Waals surface area contributed by atoms with Gasteiger partial charge < -0.3 is 27.1 Å². The lowest BCUT2D eigenvalue weighted by molar-refractivity contribution is 0.148. The first kappa shape index (κ1) is 22.3. The van der Waals surface area contributed by atoms with Gasteiger partial charge in [0.1, 0.15) is 5.82 Å². The highest BCUT2D eigenvalue weighted by Crippen LogP contribution is 2.39. The van der Waals surface area contributed by atoms with E-state index in [1.54, 1.807) is 23.6 Å². The highest BCUT2D eigenvalue weighted by molar-refractivity contribution is 7.22. The molecule has 6 N–H and O–H groups in total. The second kappa shape index (κ2) is 9.38. The van der Waals surface area contributed by atoms with Crippen LogP contribution in [0.1, 0.15) is 11.1 Å². The van der Waals surface area contributed by atoms with Crippen LogP contribution in [0.15, 0.2) is 48.7 Å². The van der Waals surface area contributed by atoms with Crippen molar-refractivity contribution in [2.75, 3.05) is 50.0 Å². The first-order valence-corrected chi connectivity index (χ1v) is 12.0. The van der Waals surface area contributed by atoms with E-state index in [0.717, 1.165) is 48.9 Å². The molecule has 0 amide bonds. The minimum absolute atomic E-state index is 0.199. The number of hydrogen-bond donors (Lipinski definition) is 4. The summed E-state index contributed by atoms with van der Waals surface area (Å²) >= 11 is 1.71. The zero-order valence-corrected chi connectivity index (χ0v) is 19.9. The van der Waals surface area contributed by atoms with Gasteiger partial charge in [-0.15, -0.1) is 11.3 Å². The van der Waals surface area contributed by atoms with Gasteiger partial charge in [0.25, 0.3) is 0 Å². The molecular formula is C25H28N8S. The maximum absolute atomic E-state index is 7.84. The van der Waals surface area contributed by atoms with Gasteiger partial charge in [0, 0.05) is 77.2 Å². The van der Waals surface area contributed by atoms with Crippen LogP contribution in [0, 0.1) is 5.41 Å². The molecule has 1 fully saturated rings. The molecule has 2 aromatic heterocycles. The van der Waals surface area contributed by atoms with Gasteiger partial charge in [0.2, 0.25) is 5.95 Å². The van der Waals surface area contributed by atoms with E-state index in [1.165, 1.54) is 21.9 Å². The third-order valence-corrected chi connectivity index (χ3v) is 7.31. The maximum atomic E-state index is 7.84. The third-order valence-electron chi connectivity index (χ3n) is 6.16. The van der Waals surface area contributed by atoms with E-state index in [0.29, 0.717) is 17.1 Å². The number of fused-ring (bicyclic) bond motifs is 1. The number of aromatic nitrogens is 2. The molecular weight excluding hydrogens is 444 g/mol. The molecule has 3 heterocycles. The first-order chi connectivity index (χ1) is 16.5. The second-order valence-corrected chi connectivity index (χ2v) is 9.74. The first-order valence-electron chi connectivity index (χ1n) is 11.2. The summed E-state index contributed by atoms with van der Waals surface area (Å²) in [5.74, 6) is 0.786. The van der Waals surface area contributed by atoms with Crippen LogP contribution < -0.4 is 16.8 Å². The van der Waals surface area contributed by atoms with E-state index in [2.05, 4.69) is 56.4 Å². The molecule has 174 valence electrons.